The zero-order chi connectivity index (χ0) is 22.4. The predicted molar refractivity (Wildman–Crippen MR) is 125 cm³/mol. The number of nitrogens with zero attached hydrogens (tertiary/aromatic N) is 1. The number of rotatable bonds is 9. The highest BCUT2D eigenvalue weighted by atomic mass is 79.9. The molecule has 164 valence electrons. The van der Waals surface area contributed by atoms with Gasteiger partial charge in [0.1, 0.15) is 6.61 Å². The number of hydrogen-bond acceptors (Lipinski definition) is 6. The van der Waals surface area contributed by atoms with Crippen molar-refractivity contribution in [2.75, 3.05) is 27.4 Å². The second kappa shape index (κ2) is 10.8. The van der Waals surface area contributed by atoms with Crippen molar-refractivity contribution < 1.29 is 23.8 Å². The summed E-state index contributed by atoms with van der Waals surface area (Å²) in [6.07, 6.45) is 2.30. The minimum Gasteiger partial charge on any atom is -0.493 e. The van der Waals surface area contributed by atoms with E-state index in [1.807, 2.05) is 31.2 Å². The Balaban J connectivity index is 1.78. The van der Waals surface area contributed by atoms with E-state index in [1.165, 1.54) is 10.5 Å². The van der Waals surface area contributed by atoms with Gasteiger partial charge in [0, 0.05) is 20.3 Å². The summed E-state index contributed by atoms with van der Waals surface area (Å²) in [4.78, 5) is 26.4. The molecule has 0 radical (unpaired) electrons. The molecule has 1 saturated heterocycles. The average molecular weight is 506 g/mol. The van der Waals surface area contributed by atoms with Gasteiger partial charge >= 0.3 is 0 Å². The zero-order valence-corrected chi connectivity index (χ0v) is 20.0. The topological polar surface area (TPSA) is 65.1 Å². The summed E-state index contributed by atoms with van der Waals surface area (Å²) in [6, 6.07) is 11.7. The van der Waals surface area contributed by atoms with E-state index >= 15 is 0 Å². The van der Waals surface area contributed by atoms with Crippen LogP contribution in [0.25, 0.3) is 6.08 Å². The Morgan fingerprint density at radius 3 is 2.68 bits per heavy atom. The maximum atomic E-state index is 12.6. The van der Waals surface area contributed by atoms with Gasteiger partial charge in [-0.1, -0.05) is 29.8 Å². The normalized spacial score (nSPS) is 15.1. The third kappa shape index (κ3) is 5.90. The van der Waals surface area contributed by atoms with E-state index in [0.717, 1.165) is 22.9 Å². The lowest BCUT2D eigenvalue weighted by molar-refractivity contribution is -0.122. The van der Waals surface area contributed by atoms with E-state index in [-0.39, 0.29) is 11.1 Å². The SMILES string of the molecule is COCCCN1C(=O)S/C(=C/c2cc(Br)c(OCc3cccc(C)c3)c(OC)c2)C1=O. The summed E-state index contributed by atoms with van der Waals surface area (Å²) in [6.45, 7) is 3.27. The fraction of sp³-hybridized carbons (Fsp3) is 0.304. The number of aryl methyl sites for hydroxylation is 1. The van der Waals surface area contributed by atoms with Gasteiger partial charge in [-0.15, -0.1) is 0 Å². The number of benzene rings is 2. The number of halogens is 1. The first-order valence-corrected chi connectivity index (χ1v) is 11.3. The Morgan fingerprint density at radius 1 is 1.16 bits per heavy atom. The molecule has 6 nitrogen and oxygen atoms in total. The molecule has 2 aromatic carbocycles. The Morgan fingerprint density at radius 2 is 1.97 bits per heavy atom. The highest BCUT2D eigenvalue weighted by molar-refractivity contribution is 9.10. The average Bonchev–Trinajstić information content (AvgIpc) is 3.00. The molecule has 1 fully saturated rings. The minimum absolute atomic E-state index is 0.267. The van der Waals surface area contributed by atoms with Gasteiger partial charge in [0.15, 0.2) is 11.5 Å². The van der Waals surface area contributed by atoms with Crippen LogP contribution in [-0.4, -0.2) is 43.4 Å². The smallest absolute Gasteiger partial charge is 0.293 e. The molecule has 1 heterocycles. The summed E-state index contributed by atoms with van der Waals surface area (Å²) >= 11 is 4.48. The molecular weight excluding hydrogens is 482 g/mol. The van der Waals surface area contributed by atoms with E-state index in [4.69, 9.17) is 14.2 Å². The van der Waals surface area contributed by atoms with Crippen LogP contribution in [0.2, 0.25) is 0 Å². The van der Waals surface area contributed by atoms with Crippen LogP contribution in [0.15, 0.2) is 45.8 Å². The molecule has 0 aliphatic carbocycles. The van der Waals surface area contributed by atoms with Crippen LogP contribution in [0.5, 0.6) is 11.5 Å². The van der Waals surface area contributed by atoms with Crippen LogP contribution in [0.4, 0.5) is 4.79 Å². The molecule has 1 aliphatic rings. The first-order valence-electron chi connectivity index (χ1n) is 9.73. The Bertz CT molecular complexity index is 1010. The van der Waals surface area contributed by atoms with Crippen molar-refractivity contribution in [3.05, 3.63) is 62.5 Å². The molecule has 2 aromatic rings. The van der Waals surface area contributed by atoms with Crippen molar-refractivity contribution >= 4 is 44.9 Å². The molecule has 1 aliphatic heterocycles. The lowest BCUT2D eigenvalue weighted by atomic mass is 10.1. The minimum atomic E-state index is -0.291. The van der Waals surface area contributed by atoms with Crippen molar-refractivity contribution in [3.63, 3.8) is 0 Å². The van der Waals surface area contributed by atoms with E-state index in [9.17, 15) is 9.59 Å². The van der Waals surface area contributed by atoms with E-state index in [1.54, 1.807) is 26.4 Å². The third-order valence-electron chi connectivity index (χ3n) is 4.62. The molecule has 0 atom stereocenters. The van der Waals surface area contributed by atoms with Crippen molar-refractivity contribution in [1.82, 2.24) is 4.90 Å². The van der Waals surface area contributed by atoms with Crippen LogP contribution >= 0.6 is 27.7 Å². The number of thioether (sulfide) groups is 1. The van der Waals surface area contributed by atoms with E-state index < -0.39 is 0 Å². The molecule has 31 heavy (non-hydrogen) atoms. The highest BCUT2D eigenvalue weighted by Gasteiger charge is 2.34. The monoisotopic (exact) mass is 505 g/mol. The number of carbonyl (C=O) groups excluding carboxylic acids is 2. The van der Waals surface area contributed by atoms with Gasteiger partial charge in [-0.3, -0.25) is 14.5 Å². The fourth-order valence-corrected chi connectivity index (χ4v) is 4.57. The van der Waals surface area contributed by atoms with Gasteiger partial charge in [-0.2, -0.15) is 0 Å². The predicted octanol–water partition coefficient (Wildman–Crippen LogP) is 5.42. The zero-order valence-electron chi connectivity index (χ0n) is 17.6. The molecule has 2 amide bonds. The van der Waals surface area contributed by atoms with E-state index in [0.29, 0.717) is 47.1 Å². The largest absolute Gasteiger partial charge is 0.493 e. The van der Waals surface area contributed by atoms with Gasteiger partial charge < -0.3 is 14.2 Å². The van der Waals surface area contributed by atoms with Crippen molar-refractivity contribution in [3.8, 4) is 11.5 Å². The van der Waals surface area contributed by atoms with Gasteiger partial charge in [0.25, 0.3) is 11.1 Å². The third-order valence-corrected chi connectivity index (χ3v) is 6.12. The molecule has 0 bridgehead atoms. The summed E-state index contributed by atoms with van der Waals surface area (Å²) in [5.74, 6) is 0.822. The maximum absolute atomic E-state index is 12.6. The lowest BCUT2D eigenvalue weighted by Crippen LogP contribution is -2.29. The van der Waals surface area contributed by atoms with Crippen LogP contribution in [0.3, 0.4) is 0 Å². The van der Waals surface area contributed by atoms with Crippen molar-refractivity contribution in [1.29, 1.82) is 0 Å². The van der Waals surface area contributed by atoms with E-state index in [2.05, 4.69) is 22.0 Å². The number of imide groups is 1. The quantitative estimate of drug-likeness (QED) is 0.335. The van der Waals surface area contributed by atoms with Crippen LogP contribution < -0.4 is 9.47 Å². The molecule has 3 rings (SSSR count). The second-order valence-electron chi connectivity index (χ2n) is 6.99. The highest BCUT2D eigenvalue weighted by Crippen LogP contribution is 2.39. The molecular formula is C23H24BrNO5S. The maximum Gasteiger partial charge on any atom is 0.293 e. The van der Waals surface area contributed by atoms with Crippen molar-refractivity contribution in [2.24, 2.45) is 0 Å². The van der Waals surface area contributed by atoms with Gasteiger partial charge in [0.05, 0.1) is 16.5 Å². The Kier molecular flexibility index (Phi) is 8.17. The Labute approximate surface area is 194 Å². The molecule has 0 saturated carbocycles. The fourth-order valence-electron chi connectivity index (χ4n) is 3.13. The second-order valence-corrected chi connectivity index (χ2v) is 8.84. The van der Waals surface area contributed by atoms with Gasteiger partial charge in [-0.05, 0) is 70.4 Å². The molecule has 0 spiro atoms. The Hall–Kier alpha value is -2.29. The standard InChI is InChI=1S/C23H24BrNO5S/c1-15-6-4-7-16(10-15)14-30-21-18(24)11-17(12-19(21)29-3)13-20-22(26)25(23(27)31-20)8-5-9-28-2/h4,6-7,10-13H,5,8-9,14H2,1-3H3/b20-13+. The summed E-state index contributed by atoms with van der Waals surface area (Å²) in [5, 5.41) is -0.267. The first kappa shape index (κ1) is 23.4. The molecule has 0 unspecified atom stereocenters. The van der Waals surface area contributed by atoms with Crippen LogP contribution in [-0.2, 0) is 16.1 Å². The first-order chi connectivity index (χ1) is 14.9. The number of methoxy groups -OCH3 is 2. The molecule has 8 heteroatoms. The molecule has 0 N–H and O–H groups in total. The molecule has 0 aromatic heterocycles. The van der Waals surface area contributed by atoms with Crippen molar-refractivity contribution in [2.45, 2.75) is 20.0 Å². The van der Waals surface area contributed by atoms with Crippen LogP contribution in [0.1, 0.15) is 23.1 Å². The van der Waals surface area contributed by atoms with Crippen LogP contribution in [0, 0.1) is 6.92 Å². The number of carbonyl (C=O) groups is 2. The summed E-state index contributed by atoms with van der Waals surface area (Å²) in [7, 11) is 3.15. The lowest BCUT2D eigenvalue weighted by Gasteiger charge is -2.14. The van der Waals surface area contributed by atoms with Gasteiger partial charge in [-0.25, -0.2) is 0 Å². The summed E-state index contributed by atoms with van der Waals surface area (Å²) < 4.78 is 17.2. The number of ether oxygens (including phenoxy) is 3. The number of hydrogen-bond donors (Lipinski definition) is 0. The number of amides is 2. The van der Waals surface area contributed by atoms with Gasteiger partial charge in [0.2, 0.25) is 0 Å². The summed E-state index contributed by atoms with van der Waals surface area (Å²) in [5.41, 5.74) is 2.95.